The second-order valence-corrected chi connectivity index (χ2v) is 7.08. The summed E-state index contributed by atoms with van der Waals surface area (Å²) in [5.74, 6) is 0.899. The summed E-state index contributed by atoms with van der Waals surface area (Å²) in [6.07, 6.45) is 5.64. The highest BCUT2D eigenvalue weighted by Gasteiger charge is 2.40. The Balaban J connectivity index is 1.53. The molecule has 0 N–H and O–H groups in total. The number of aromatic nitrogens is 2. The van der Waals surface area contributed by atoms with E-state index in [1.807, 2.05) is 6.92 Å². The average Bonchev–Trinajstić information content (AvgIpc) is 2.88. The Kier molecular flexibility index (Phi) is 3.17. The molecule has 3 aromatic rings. The van der Waals surface area contributed by atoms with Crippen LogP contribution in [0.5, 0.6) is 0 Å². The molecule has 3 heterocycles. The maximum Gasteiger partial charge on any atom is 0.125 e. The molecule has 24 heavy (non-hydrogen) atoms. The molecule has 1 aromatic heterocycles. The van der Waals surface area contributed by atoms with Gasteiger partial charge in [0.15, 0.2) is 0 Å². The Hall–Kier alpha value is -2.26. The number of hydrogen-bond donors (Lipinski definition) is 0. The standard InChI is InChI=1S/C21H21N3/c1-14-22-12-19-20(23-14)11-17-9-10-21(19)24(17)13-16-7-4-6-15-5-2-3-8-18(15)16/h2-8,12,17,21H,9-11,13H2,1H3/t17-,21-/m1/s1. The van der Waals surface area contributed by atoms with Crippen LogP contribution < -0.4 is 0 Å². The third-order valence-corrected chi connectivity index (χ3v) is 5.68. The highest BCUT2D eigenvalue weighted by Crippen LogP contribution is 2.44. The zero-order chi connectivity index (χ0) is 16.1. The lowest BCUT2D eigenvalue weighted by molar-refractivity contribution is 0.166. The Morgan fingerprint density at radius 3 is 2.92 bits per heavy atom. The van der Waals surface area contributed by atoms with E-state index in [0.29, 0.717) is 12.1 Å². The lowest BCUT2D eigenvalue weighted by atomic mass is 9.97. The van der Waals surface area contributed by atoms with Crippen molar-refractivity contribution < 1.29 is 0 Å². The minimum atomic E-state index is 0.485. The fraction of sp³-hybridized carbons (Fsp3) is 0.333. The topological polar surface area (TPSA) is 29.0 Å². The van der Waals surface area contributed by atoms with E-state index in [1.54, 1.807) is 0 Å². The summed E-state index contributed by atoms with van der Waals surface area (Å²) in [6.45, 7) is 3.01. The number of aryl methyl sites for hydroxylation is 1. The van der Waals surface area contributed by atoms with Crippen molar-refractivity contribution >= 4 is 10.8 Å². The fourth-order valence-corrected chi connectivity index (χ4v) is 4.55. The van der Waals surface area contributed by atoms with Crippen LogP contribution in [0.3, 0.4) is 0 Å². The van der Waals surface area contributed by atoms with E-state index in [-0.39, 0.29) is 0 Å². The molecule has 3 nitrogen and oxygen atoms in total. The molecule has 0 radical (unpaired) electrons. The van der Waals surface area contributed by atoms with Crippen LogP contribution in [0.1, 0.15) is 41.5 Å². The molecule has 2 aliphatic rings. The lowest BCUT2D eigenvalue weighted by Crippen LogP contribution is -2.37. The largest absolute Gasteiger partial charge is 0.289 e. The lowest BCUT2D eigenvalue weighted by Gasteiger charge is -2.35. The van der Waals surface area contributed by atoms with Gasteiger partial charge in [0.25, 0.3) is 0 Å². The van der Waals surface area contributed by atoms with Gasteiger partial charge in [-0.3, -0.25) is 4.90 Å². The van der Waals surface area contributed by atoms with Gasteiger partial charge in [-0.2, -0.15) is 0 Å². The molecule has 2 aliphatic heterocycles. The van der Waals surface area contributed by atoms with E-state index in [1.165, 1.54) is 40.4 Å². The van der Waals surface area contributed by atoms with Crippen LogP contribution in [0.2, 0.25) is 0 Å². The molecule has 2 atom stereocenters. The van der Waals surface area contributed by atoms with Crippen LogP contribution in [0.15, 0.2) is 48.7 Å². The monoisotopic (exact) mass is 315 g/mol. The number of nitrogens with zero attached hydrogens (tertiary/aromatic N) is 3. The summed E-state index contributed by atoms with van der Waals surface area (Å²) < 4.78 is 0. The van der Waals surface area contributed by atoms with Crippen molar-refractivity contribution in [2.75, 3.05) is 0 Å². The van der Waals surface area contributed by atoms with Gasteiger partial charge in [0.05, 0.1) is 5.69 Å². The molecule has 1 saturated heterocycles. The smallest absolute Gasteiger partial charge is 0.125 e. The van der Waals surface area contributed by atoms with E-state index in [9.17, 15) is 0 Å². The third-order valence-electron chi connectivity index (χ3n) is 5.68. The highest BCUT2D eigenvalue weighted by atomic mass is 15.2. The van der Waals surface area contributed by atoms with Gasteiger partial charge in [0, 0.05) is 36.8 Å². The zero-order valence-corrected chi connectivity index (χ0v) is 13.9. The molecule has 0 amide bonds. The van der Waals surface area contributed by atoms with Crippen molar-refractivity contribution in [1.82, 2.24) is 14.9 Å². The normalized spacial score (nSPS) is 22.7. The first-order valence-corrected chi connectivity index (χ1v) is 8.84. The van der Waals surface area contributed by atoms with Crippen molar-refractivity contribution in [3.8, 4) is 0 Å². The predicted molar refractivity (Wildman–Crippen MR) is 95.7 cm³/mol. The van der Waals surface area contributed by atoms with Crippen LogP contribution in [0.25, 0.3) is 10.8 Å². The number of benzene rings is 2. The van der Waals surface area contributed by atoms with E-state index in [4.69, 9.17) is 4.98 Å². The van der Waals surface area contributed by atoms with Crippen molar-refractivity contribution in [1.29, 1.82) is 0 Å². The minimum Gasteiger partial charge on any atom is -0.289 e. The van der Waals surface area contributed by atoms with Crippen LogP contribution in [-0.2, 0) is 13.0 Å². The van der Waals surface area contributed by atoms with Gasteiger partial charge in [0.1, 0.15) is 5.82 Å². The van der Waals surface area contributed by atoms with E-state index >= 15 is 0 Å². The molecule has 2 aromatic carbocycles. The molecule has 120 valence electrons. The number of rotatable bonds is 2. The SMILES string of the molecule is Cc1ncc2c(n1)C[C@H]1CC[C@H]2N1Cc1cccc2ccccc12. The number of fused-ring (bicyclic) bond motifs is 5. The van der Waals surface area contributed by atoms with Crippen LogP contribution in [0.4, 0.5) is 0 Å². The van der Waals surface area contributed by atoms with Gasteiger partial charge >= 0.3 is 0 Å². The maximum atomic E-state index is 4.71. The fourth-order valence-electron chi connectivity index (χ4n) is 4.55. The molecule has 1 fully saturated rings. The molecule has 0 unspecified atom stereocenters. The average molecular weight is 315 g/mol. The highest BCUT2D eigenvalue weighted by molar-refractivity contribution is 5.85. The zero-order valence-electron chi connectivity index (χ0n) is 13.9. The molecular weight excluding hydrogens is 294 g/mol. The first-order chi connectivity index (χ1) is 11.8. The Morgan fingerprint density at radius 1 is 1.08 bits per heavy atom. The summed E-state index contributed by atoms with van der Waals surface area (Å²) in [5, 5.41) is 2.71. The molecular formula is C21H21N3. The Bertz CT molecular complexity index is 913. The van der Waals surface area contributed by atoms with Crippen LogP contribution in [-0.4, -0.2) is 20.9 Å². The van der Waals surface area contributed by atoms with Crippen LogP contribution in [0, 0.1) is 6.92 Å². The van der Waals surface area contributed by atoms with Gasteiger partial charge in [0.2, 0.25) is 0 Å². The van der Waals surface area contributed by atoms with Crippen molar-refractivity contribution in [2.24, 2.45) is 0 Å². The Morgan fingerprint density at radius 2 is 1.96 bits per heavy atom. The van der Waals surface area contributed by atoms with Crippen LogP contribution >= 0.6 is 0 Å². The summed E-state index contributed by atoms with van der Waals surface area (Å²) in [4.78, 5) is 11.9. The molecule has 2 bridgehead atoms. The first-order valence-electron chi connectivity index (χ1n) is 8.84. The Labute approximate surface area is 142 Å². The molecule has 5 rings (SSSR count). The van der Waals surface area contributed by atoms with Crippen molar-refractivity contribution in [2.45, 2.75) is 44.8 Å². The second kappa shape index (κ2) is 5.38. The molecule has 3 heteroatoms. The second-order valence-electron chi connectivity index (χ2n) is 7.08. The van der Waals surface area contributed by atoms with E-state index in [0.717, 1.165) is 18.8 Å². The predicted octanol–water partition coefficient (Wildman–Crippen LogP) is 4.20. The molecule has 0 spiro atoms. The first kappa shape index (κ1) is 14.1. The van der Waals surface area contributed by atoms with Gasteiger partial charge in [-0.1, -0.05) is 42.5 Å². The quantitative estimate of drug-likeness (QED) is 0.709. The summed E-state index contributed by atoms with van der Waals surface area (Å²) >= 11 is 0. The number of hydrogen-bond acceptors (Lipinski definition) is 3. The van der Waals surface area contributed by atoms with E-state index < -0.39 is 0 Å². The molecule has 0 aliphatic carbocycles. The minimum absolute atomic E-state index is 0.485. The van der Waals surface area contributed by atoms with Gasteiger partial charge in [-0.15, -0.1) is 0 Å². The molecule has 0 saturated carbocycles. The third kappa shape index (κ3) is 2.15. The maximum absolute atomic E-state index is 4.71. The van der Waals surface area contributed by atoms with E-state index in [2.05, 4.69) is 58.5 Å². The summed E-state index contributed by atoms with van der Waals surface area (Å²) in [7, 11) is 0. The van der Waals surface area contributed by atoms with Gasteiger partial charge in [-0.25, -0.2) is 9.97 Å². The summed E-state index contributed by atoms with van der Waals surface area (Å²) in [6, 6.07) is 16.5. The van der Waals surface area contributed by atoms with Gasteiger partial charge < -0.3 is 0 Å². The summed E-state index contributed by atoms with van der Waals surface area (Å²) in [5.41, 5.74) is 4.07. The van der Waals surface area contributed by atoms with Gasteiger partial charge in [-0.05, 0) is 36.1 Å². The van der Waals surface area contributed by atoms with Crippen molar-refractivity contribution in [3.05, 3.63) is 71.3 Å². The van der Waals surface area contributed by atoms with Crippen molar-refractivity contribution in [3.63, 3.8) is 0 Å².